The Morgan fingerprint density at radius 3 is 2.34 bits per heavy atom. The number of unbranched alkanes of at least 4 members (excludes halogenated alkanes) is 5. The number of hydrogen-bond donors (Lipinski definition) is 1. The van der Waals surface area contributed by atoms with Gasteiger partial charge in [0, 0.05) is 6.54 Å². The van der Waals surface area contributed by atoms with Crippen LogP contribution in [0.15, 0.2) is 29.2 Å². The smallest absolute Gasteiger partial charge is 0.252 e. The van der Waals surface area contributed by atoms with Gasteiger partial charge in [0.1, 0.15) is 31.9 Å². The highest BCUT2D eigenvalue weighted by atomic mass is 32.2. The normalized spacial score (nSPS) is 25.8. The van der Waals surface area contributed by atoms with Gasteiger partial charge in [-0.2, -0.15) is 0 Å². The van der Waals surface area contributed by atoms with Crippen LogP contribution in [-0.2, 0) is 33.6 Å². The van der Waals surface area contributed by atoms with Gasteiger partial charge in [0.05, 0.1) is 10.6 Å². The van der Waals surface area contributed by atoms with Crippen molar-refractivity contribution in [1.82, 2.24) is 5.32 Å². The fraction of sp³-hybridized carbons (Fsp3) is 0.696. The van der Waals surface area contributed by atoms with Crippen LogP contribution in [0.25, 0.3) is 0 Å². The molecule has 2 aliphatic heterocycles. The average Bonchev–Trinajstić information content (AvgIpc) is 2.78. The van der Waals surface area contributed by atoms with Crippen LogP contribution in [-0.4, -0.2) is 64.6 Å². The summed E-state index contributed by atoms with van der Waals surface area (Å²) in [5.41, 5.74) is 0.980. The van der Waals surface area contributed by atoms with E-state index in [4.69, 9.17) is 18.9 Å². The number of rotatable bonds is 11. The van der Waals surface area contributed by atoms with E-state index in [1.807, 2.05) is 6.92 Å². The van der Waals surface area contributed by atoms with Gasteiger partial charge >= 0.3 is 0 Å². The van der Waals surface area contributed by atoms with E-state index in [-0.39, 0.29) is 30.1 Å². The van der Waals surface area contributed by atoms with Crippen molar-refractivity contribution >= 4 is 15.7 Å². The summed E-state index contributed by atoms with van der Waals surface area (Å²) in [5, 5.41) is 2.91. The largest absolute Gasteiger partial charge is 0.354 e. The van der Waals surface area contributed by atoms with Crippen molar-refractivity contribution in [2.75, 3.05) is 25.9 Å². The molecule has 1 N–H and O–H groups in total. The number of aryl methyl sites for hydroxylation is 1. The van der Waals surface area contributed by atoms with E-state index in [1.165, 1.54) is 25.7 Å². The molecule has 2 fully saturated rings. The van der Waals surface area contributed by atoms with Crippen LogP contribution in [0.1, 0.15) is 51.0 Å². The van der Waals surface area contributed by atoms with Gasteiger partial charge in [-0.25, -0.2) is 8.42 Å². The van der Waals surface area contributed by atoms with E-state index in [0.717, 1.165) is 18.4 Å². The Morgan fingerprint density at radius 1 is 0.938 bits per heavy atom. The number of carbonyl (C=O) groups is 1. The van der Waals surface area contributed by atoms with Crippen molar-refractivity contribution in [2.45, 2.75) is 81.7 Å². The highest BCUT2D eigenvalue weighted by Crippen LogP contribution is 2.28. The maximum Gasteiger partial charge on any atom is 0.252 e. The third kappa shape index (κ3) is 6.74. The summed E-state index contributed by atoms with van der Waals surface area (Å²) < 4.78 is 48.2. The topological polar surface area (TPSA) is 100 Å². The van der Waals surface area contributed by atoms with Gasteiger partial charge in [-0.3, -0.25) is 4.79 Å². The van der Waals surface area contributed by atoms with E-state index in [0.29, 0.717) is 6.54 Å². The predicted octanol–water partition coefficient (Wildman–Crippen LogP) is 2.73. The van der Waals surface area contributed by atoms with Crippen molar-refractivity contribution in [2.24, 2.45) is 0 Å². The maximum atomic E-state index is 12.9. The first-order valence-corrected chi connectivity index (χ1v) is 13.1. The zero-order chi connectivity index (χ0) is 23.0. The van der Waals surface area contributed by atoms with Gasteiger partial charge in [0.25, 0.3) is 5.91 Å². The number of sulfone groups is 1. The quantitative estimate of drug-likeness (QED) is 0.497. The summed E-state index contributed by atoms with van der Waals surface area (Å²) in [6, 6.07) is 6.70. The Morgan fingerprint density at radius 2 is 1.59 bits per heavy atom. The Balaban J connectivity index is 1.55. The van der Waals surface area contributed by atoms with Crippen LogP contribution < -0.4 is 5.32 Å². The molecule has 0 radical (unpaired) electrons. The zero-order valence-electron chi connectivity index (χ0n) is 19.0. The lowest BCUT2D eigenvalue weighted by molar-refractivity contribution is -0.313. The Hall–Kier alpha value is -1.52. The number of amides is 1. The molecule has 0 aromatic heterocycles. The fourth-order valence-electron chi connectivity index (χ4n) is 4.00. The molecule has 3 rings (SSSR count). The minimum atomic E-state index is -3.59. The Labute approximate surface area is 190 Å². The first kappa shape index (κ1) is 25.1. The van der Waals surface area contributed by atoms with Crippen molar-refractivity contribution < 1.29 is 32.2 Å². The summed E-state index contributed by atoms with van der Waals surface area (Å²) >= 11 is 0. The monoisotopic (exact) mass is 469 g/mol. The van der Waals surface area contributed by atoms with Crippen molar-refractivity contribution in [3.8, 4) is 0 Å². The molecule has 8 nitrogen and oxygen atoms in total. The molecular weight excluding hydrogens is 434 g/mol. The van der Waals surface area contributed by atoms with Crippen LogP contribution in [0.2, 0.25) is 0 Å². The number of hydrogen-bond acceptors (Lipinski definition) is 7. The van der Waals surface area contributed by atoms with Crippen LogP contribution in [0.3, 0.4) is 0 Å². The van der Waals surface area contributed by atoms with E-state index in [9.17, 15) is 13.2 Å². The van der Waals surface area contributed by atoms with Crippen LogP contribution in [0, 0.1) is 6.92 Å². The lowest BCUT2D eigenvalue weighted by Gasteiger charge is -2.43. The second-order valence-electron chi connectivity index (χ2n) is 8.44. The fourth-order valence-corrected chi connectivity index (χ4v) is 5.46. The molecule has 180 valence electrons. The molecule has 2 heterocycles. The lowest BCUT2D eigenvalue weighted by atomic mass is 10.0. The number of fused-ring (bicyclic) bond motifs is 1. The molecule has 1 amide bonds. The molecule has 0 aliphatic carbocycles. The average molecular weight is 470 g/mol. The Kier molecular flexibility index (Phi) is 9.48. The summed E-state index contributed by atoms with van der Waals surface area (Å²) in [6.07, 6.45) is 3.78. The first-order chi connectivity index (χ1) is 15.4. The number of benzene rings is 1. The number of nitrogens with one attached hydrogen (secondary N) is 1. The first-order valence-electron chi connectivity index (χ1n) is 11.5. The molecule has 1 aromatic rings. The molecule has 0 unspecified atom stereocenters. The standard InChI is InChI=1S/C23H35NO7S/c1-3-4-5-6-7-8-13-24-23(25)22-21-20(29-16-31-22)19(28-15-30-21)14-32(26,27)18-11-9-17(2)10-12-18/h9-12,19-22H,3-8,13-16H2,1-2H3,(H,24,25)/t19-,20-,21+,22-/m1/s1. The van der Waals surface area contributed by atoms with Gasteiger partial charge in [-0.15, -0.1) is 0 Å². The molecule has 9 heteroatoms. The SMILES string of the molecule is CCCCCCCCNC(=O)[C@@H]1OCO[C@H]2[C@@H]1OCO[C@@H]2CS(=O)(=O)c1ccc(C)cc1. The Bertz CT molecular complexity index is 827. The highest BCUT2D eigenvalue weighted by molar-refractivity contribution is 7.91. The van der Waals surface area contributed by atoms with Crippen LogP contribution in [0.5, 0.6) is 0 Å². The molecule has 2 saturated heterocycles. The van der Waals surface area contributed by atoms with Gasteiger partial charge in [-0.05, 0) is 25.5 Å². The summed E-state index contributed by atoms with van der Waals surface area (Å²) in [5.74, 6) is -0.522. The second kappa shape index (κ2) is 12.1. The third-order valence-corrected chi connectivity index (χ3v) is 7.65. The maximum absolute atomic E-state index is 12.9. The van der Waals surface area contributed by atoms with Gasteiger partial charge in [-0.1, -0.05) is 56.7 Å². The van der Waals surface area contributed by atoms with Crippen molar-refractivity contribution in [3.05, 3.63) is 29.8 Å². The highest BCUT2D eigenvalue weighted by Gasteiger charge is 2.48. The summed E-state index contributed by atoms with van der Waals surface area (Å²) in [6.45, 7) is 4.41. The van der Waals surface area contributed by atoms with E-state index in [1.54, 1.807) is 24.3 Å². The van der Waals surface area contributed by atoms with Gasteiger partial charge in [0.15, 0.2) is 15.9 Å². The third-order valence-electron chi connectivity index (χ3n) is 5.89. The summed E-state index contributed by atoms with van der Waals surface area (Å²) in [4.78, 5) is 12.9. The van der Waals surface area contributed by atoms with Crippen molar-refractivity contribution in [1.29, 1.82) is 0 Å². The minimum absolute atomic E-state index is 0.121. The molecule has 1 aromatic carbocycles. The minimum Gasteiger partial charge on any atom is -0.354 e. The van der Waals surface area contributed by atoms with Gasteiger partial charge in [0.2, 0.25) is 0 Å². The van der Waals surface area contributed by atoms with Crippen molar-refractivity contribution in [3.63, 3.8) is 0 Å². The number of ether oxygens (including phenoxy) is 4. The molecule has 0 saturated carbocycles. The molecule has 32 heavy (non-hydrogen) atoms. The molecule has 2 aliphatic rings. The lowest BCUT2D eigenvalue weighted by Crippen LogP contribution is -2.62. The van der Waals surface area contributed by atoms with E-state index in [2.05, 4.69) is 12.2 Å². The molecule has 0 spiro atoms. The second-order valence-corrected chi connectivity index (χ2v) is 10.5. The molecule has 4 atom stereocenters. The zero-order valence-corrected chi connectivity index (χ0v) is 19.8. The number of carbonyl (C=O) groups excluding carboxylic acids is 1. The van der Waals surface area contributed by atoms with E-state index < -0.39 is 34.3 Å². The van der Waals surface area contributed by atoms with Crippen LogP contribution >= 0.6 is 0 Å². The molecule has 0 bridgehead atoms. The van der Waals surface area contributed by atoms with E-state index >= 15 is 0 Å². The predicted molar refractivity (Wildman–Crippen MR) is 119 cm³/mol. The van der Waals surface area contributed by atoms with Gasteiger partial charge < -0.3 is 24.3 Å². The van der Waals surface area contributed by atoms with Crippen LogP contribution in [0.4, 0.5) is 0 Å². The molecular formula is C23H35NO7S. The summed E-state index contributed by atoms with van der Waals surface area (Å²) in [7, 11) is -3.59.